The van der Waals surface area contributed by atoms with Crippen molar-refractivity contribution in [2.45, 2.75) is 33.1 Å². The molecule has 1 fully saturated rings. The lowest BCUT2D eigenvalue weighted by molar-refractivity contribution is 0.0953. The van der Waals surface area contributed by atoms with E-state index in [1.807, 2.05) is 12.3 Å². The zero-order chi connectivity index (χ0) is 23.9. The van der Waals surface area contributed by atoms with Crippen LogP contribution < -0.4 is 10.2 Å². The summed E-state index contributed by atoms with van der Waals surface area (Å²) in [6, 6.07) is 7.90. The summed E-state index contributed by atoms with van der Waals surface area (Å²) < 4.78 is 13.3. The number of piperidine rings is 1. The Morgan fingerprint density at radius 1 is 1.18 bits per heavy atom. The molecule has 0 aliphatic carbocycles. The maximum atomic E-state index is 13.3. The van der Waals surface area contributed by atoms with Gasteiger partial charge in [0.05, 0.1) is 17.3 Å². The number of aromatic amines is 1. The molecule has 1 aliphatic rings. The predicted octanol–water partition coefficient (Wildman–Crippen LogP) is 4.19. The van der Waals surface area contributed by atoms with E-state index < -0.39 is 0 Å². The number of carbonyl (C=O) groups excluding carboxylic acids is 1. The summed E-state index contributed by atoms with van der Waals surface area (Å²) >= 11 is 0. The molecule has 2 atom stereocenters. The van der Waals surface area contributed by atoms with E-state index in [1.165, 1.54) is 18.6 Å². The fraction of sp³-hybridized carbons (Fsp3) is 0.370. The number of pyridine rings is 1. The molecule has 0 bridgehead atoms. The number of aryl methyl sites for hydroxylation is 1. The Balaban J connectivity index is 1.53. The molecule has 0 radical (unpaired) electrons. The summed E-state index contributed by atoms with van der Waals surface area (Å²) in [6.07, 6.45) is 8.13. The minimum Gasteiger partial charge on any atom is -0.355 e. The van der Waals surface area contributed by atoms with Gasteiger partial charge in [0.2, 0.25) is 0 Å². The number of rotatable bonds is 6. The molecule has 1 aliphatic heterocycles. The highest BCUT2D eigenvalue weighted by molar-refractivity contribution is 5.94. The van der Waals surface area contributed by atoms with Crippen LogP contribution in [-0.4, -0.2) is 40.7 Å². The maximum absolute atomic E-state index is 13.3. The molecule has 2 N–H and O–H groups in total. The molecule has 7 heteroatoms. The second kappa shape index (κ2) is 11.0. The van der Waals surface area contributed by atoms with Gasteiger partial charge >= 0.3 is 0 Å². The number of nitrogens with zero attached hydrogens (tertiary/aromatic N) is 3. The fourth-order valence-electron chi connectivity index (χ4n) is 4.45. The number of benzene rings is 1. The zero-order valence-electron chi connectivity index (χ0n) is 19.6. The number of carbonyl (C=O) groups is 1. The van der Waals surface area contributed by atoms with Crippen LogP contribution in [0, 0.1) is 29.5 Å². The standard InChI is InChI=1S/C27H30FN5O/c1-19-12-20(2)18-33(17-19)26-23(8-5-21-6-9-25(28)10-7-21)13-24(16-30-26)27(34)29-11-3-4-22-14-31-32-15-22/h6-7,9-10,13-16,19-20H,3-4,11-12,17-18H2,1-2H3,(H,29,34)(H,31,32). The first-order valence-electron chi connectivity index (χ1n) is 11.8. The van der Waals surface area contributed by atoms with Crippen molar-refractivity contribution in [2.24, 2.45) is 11.8 Å². The van der Waals surface area contributed by atoms with Gasteiger partial charge in [0, 0.05) is 37.6 Å². The highest BCUT2D eigenvalue weighted by Crippen LogP contribution is 2.27. The Morgan fingerprint density at radius 3 is 2.65 bits per heavy atom. The molecule has 176 valence electrons. The molecule has 0 spiro atoms. The van der Waals surface area contributed by atoms with Crippen molar-refractivity contribution in [1.29, 1.82) is 0 Å². The van der Waals surface area contributed by atoms with E-state index in [4.69, 9.17) is 0 Å². The summed E-state index contributed by atoms with van der Waals surface area (Å²) in [4.78, 5) is 19.7. The largest absolute Gasteiger partial charge is 0.355 e. The summed E-state index contributed by atoms with van der Waals surface area (Å²) in [7, 11) is 0. The van der Waals surface area contributed by atoms with Gasteiger partial charge < -0.3 is 10.2 Å². The molecule has 1 saturated heterocycles. The first kappa shape index (κ1) is 23.5. The van der Waals surface area contributed by atoms with E-state index >= 15 is 0 Å². The maximum Gasteiger partial charge on any atom is 0.252 e. The summed E-state index contributed by atoms with van der Waals surface area (Å²) in [6.45, 7) is 6.86. The van der Waals surface area contributed by atoms with Gasteiger partial charge in [-0.3, -0.25) is 9.89 Å². The molecule has 2 aromatic heterocycles. The lowest BCUT2D eigenvalue weighted by Crippen LogP contribution is -2.39. The van der Waals surface area contributed by atoms with E-state index in [1.54, 1.807) is 24.5 Å². The normalized spacial score (nSPS) is 17.7. The Kier molecular flexibility index (Phi) is 7.58. The van der Waals surface area contributed by atoms with Gasteiger partial charge in [-0.15, -0.1) is 0 Å². The first-order chi connectivity index (χ1) is 16.5. The van der Waals surface area contributed by atoms with Gasteiger partial charge in [0.15, 0.2) is 0 Å². The number of nitrogens with one attached hydrogen (secondary N) is 2. The number of H-pyrrole nitrogens is 1. The van der Waals surface area contributed by atoms with E-state index in [0.717, 1.165) is 37.3 Å². The van der Waals surface area contributed by atoms with Gasteiger partial charge in [0.25, 0.3) is 5.91 Å². The number of amides is 1. The molecule has 1 amide bonds. The minimum atomic E-state index is -0.296. The molecule has 1 aromatic carbocycles. The Bertz CT molecular complexity index is 1150. The highest BCUT2D eigenvalue weighted by Gasteiger charge is 2.24. The van der Waals surface area contributed by atoms with Gasteiger partial charge in [-0.2, -0.15) is 5.10 Å². The smallest absolute Gasteiger partial charge is 0.252 e. The van der Waals surface area contributed by atoms with Crippen molar-refractivity contribution >= 4 is 11.7 Å². The van der Waals surface area contributed by atoms with Gasteiger partial charge in [-0.1, -0.05) is 25.7 Å². The Labute approximate surface area is 200 Å². The average molecular weight is 460 g/mol. The lowest BCUT2D eigenvalue weighted by atomic mass is 9.91. The molecule has 0 saturated carbocycles. The average Bonchev–Trinajstić information content (AvgIpc) is 3.34. The van der Waals surface area contributed by atoms with Crippen molar-refractivity contribution in [3.8, 4) is 11.8 Å². The molecular formula is C27H30FN5O. The van der Waals surface area contributed by atoms with Crippen LogP contribution in [0.15, 0.2) is 48.9 Å². The Hall–Kier alpha value is -3.66. The van der Waals surface area contributed by atoms with Gasteiger partial charge in [-0.25, -0.2) is 9.37 Å². The van der Waals surface area contributed by atoms with Crippen molar-refractivity contribution in [3.63, 3.8) is 0 Å². The minimum absolute atomic E-state index is 0.170. The van der Waals surface area contributed by atoms with Crippen LogP contribution in [0.5, 0.6) is 0 Å². The monoisotopic (exact) mass is 459 g/mol. The van der Waals surface area contributed by atoms with E-state index in [2.05, 4.69) is 51.1 Å². The molecule has 2 unspecified atom stereocenters. The highest BCUT2D eigenvalue weighted by atomic mass is 19.1. The third-order valence-corrected chi connectivity index (χ3v) is 5.97. The van der Waals surface area contributed by atoms with Crippen LogP contribution in [0.1, 0.15) is 53.7 Å². The van der Waals surface area contributed by atoms with Crippen LogP contribution in [-0.2, 0) is 6.42 Å². The molecular weight excluding hydrogens is 429 g/mol. The SMILES string of the molecule is CC1CC(C)CN(c2ncc(C(=O)NCCCc3cn[nH]c3)cc2C#Cc2ccc(F)cc2)C1. The van der Waals surface area contributed by atoms with Crippen LogP contribution in [0.2, 0.25) is 0 Å². The topological polar surface area (TPSA) is 73.9 Å². The Morgan fingerprint density at radius 2 is 1.94 bits per heavy atom. The molecule has 4 rings (SSSR count). The number of hydrogen-bond acceptors (Lipinski definition) is 4. The summed E-state index contributed by atoms with van der Waals surface area (Å²) in [5, 5.41) is 9.70. The first-order valence-corrected chi connectivity index (χ1v) is 11.8. The predicted molar refractivity (Wildman–Crippen MR) is 131 cm³/mol. The van der Waals surface area contributed by atoms with Crippen LogP contribution in [0.25, 0.3) is 0 Å². The third kappa shape index (κ3) is 6.22. The van der Waals surface area contributed by atoms with Crippen molar-refractivity contribution in [3.05, 3.63) is 77.0 Å². The molecule has 3 aromatic rings. The summed E-state index contributed by atoms with van der Waals surface area (Å²) in [5.74, 6) is 7.73. The number of halogens is 1. The molecule has 6 nitrogen and oxygen atoms in total. The number of hydrogen-bond donors (Lipinski definition) is 2. The van der Waals surface area contributed by atoms with Crippen molar-refractivity contribution in [2.75, 3.05) is 24.5 Å². The van der Waals surface area contributed by atoms with E-state index in [0.29, 0.717) is 35.1 Å². The van der Waals surface area contributed by atoms with Crippen molar-refractivity contribution in [1.82, 2.24) is 20.5 Å². The number of anilines is 1. The van der Waals surface area contributed by atoms with Gasteiger partial charge in [-0.05, 0) is 67.0 Å². The van der Waals surface area contributed by atoms with Crippen molar-refractivity contribution < 1.29 is 9.18 Å². The van der Waals surface area contributed by atoms with Gasteiger partial charge in [0.1, 0.15) is 11.6 Å². The second-order valence-corrected chi connectivity index (χ2v) is 9.17. The quantitative estimate of drug-likeness (QED) is 0.428. The fourth-order valence-corrected chi connectivity index (χ4v) is 4.45. The molecule has 34 heavy (non-hydrogen) atoms. The van der Waals surface area contributed by atoms with Crippen LogP contribution >= 0.6 is 0 Å². The lowest BCUT2D eigenvalue weighted by Gasteiger charge is -2.36. The third-order valence-electron chi connectivity index (χ3n) is 5.97. The second-order valence-electron chi connectivity index (χ2n) is 9.17. The van der Waals surface area contributed by atoms with E-state index in [9.17, 15) is 9.18 Å². The van der Waals surface area contributed by atoms with E-state index in [-0.39, 0.29) is 11.7 Å². The van der Waals surface area contributed by atoms with Crippen LogP contribution in [0.4, 0.5) is 10.2 Å². The molecule has 3 heterocycles. The summed E-state index contributed by atoms with van der Waals surface area (Å²) in [5.41, 5.74) is 3.01. The number of aromatic nitrogens is 3. The van der Waals surface area contributed by atoms with Crippen LogP contribution in [0.3, 0.4) is 0 Å². The zero-order valence-corrected chi connectivity index (χ0v) is 19.6.